The van der Waals surface area contributed by atoms with Crippen LogP contribution in [0.15, 0.2) is 46.9 Å². The van der Waals surface area contributed by atoms with Crippen LogP contribution in [0, 0.1) is 0 Å². The van der Waals surface area contributed by atoms with Crippen LogP contribution in [0.4, 0.5) is 10.5 Å². The largest absolute Gasteiger partial charge is 0.456 e. The van der Waals surface area contributed by atoms with Crippen molar-refractivity contribution in [3.63, 3.8) is 0 Å². The standard InChI is InChI=1S/C17H18N2O3/c1-2-19(9-10-20)17(21)18-12-7-8-14-13-5-3-4-6-15(13)22-16(14)11-12/h3-8,11,20H,2,9-10H2,1H3,(H,18,21). The predicted molar refractivity (Wildman–Crippen MR) is 87.1 cm³/mol. The van der Waals surface area contributed by atoms with E-state index in [4.69, 9.17) is 9.52 Å². The van der Waals surface area contributed by atoms with Crippen LogP contribution in [0.3, 0.4) is 0 Å². The summed E-state index contributed by atoms with van der Waals surface area (Å²) >= 11 is 0. The lowest BCUT2D eigenvalue weighted by molar-refractivity contribution is 0.192. The first-order valence-electron chi connectivity index (χ1n) is 7.31. The Balaban J connectivity index is 1.89. The van der Waals surface area contributed by atoms with Gasteiger partial charge in [0.05, 0.1) is 6.61 Å². The maximum atomic E-state index is 12.1. The average molecular weight is 298 g/mol. The van der Waals surface area contributed by atoms with E-state index in [1.807, 2.05) is 49.4 Å². The first-order chi connectivity index (χ1) is 10.7. The van der Waals surface area contributed by atoms with Gasteiger partial charge >= 0.3 is 6.03 Å². The molecule has 3 rings (SSSR count). The number of para-hydroxylation sites is 1. The van der Waals surface area contributed by atoms with Gasteiger partial charge in [0.1, 0.15) is 11.2 Å². The lowest BCUT2D eigenvalue weighted by atomic mass is 10.1. The Kier molecular flexibility index (Phi) is 3.98. The Bertz CT molecular complexity index is 810. The fourth-order valence-corrected chi connectivity index (χ4v) is 2.53. The van der Waals surface area contributed by atoms with Crippen LogP contribution in [-0.4, -0.2) is 35.7 Å². The third-order valence-electron chi connectivity index (χ3n) is 3.67. The molecule has 2 amide bonds. The number of carbonyl (C=O) groups excluding carboxylic acids is 1. The minimum absolute atomic E-state index is 0.0517. The van der Waals surface area contributed by atoms with Crippen LogP contribution in [0.1, 0.15) is 6.92 Å². The molecule has 0 spiro atoms. The fraction of sp³-hybridized carbons (Fsp3) is 0.235. The van der Waals surface area contributed by atoms with Crippen LogP contribution < -0.4 is 5.32 Å². The van der Waals surface area contributed by atoms with E-state index >= 15 is 0 Å². The lowest BCUT2D eigenvalue weighted by Gasteiger charge is -2.20. The molecule has 3 aromatic rings. The minimum atomic E-state index is -0.230. The first-order valence-corrected chi connectivity index (χ1v) is 7.31. The number of rotatable bonds is 4. The summed E-state index contributed by atoms with van der Waals surface area (Å²) in [6, 6.07) is 13.2. The van der Waals surface area contributed by atoms with E-state index in [0.717, 1.165) is 21.9 Å². The van der Waals surface area contributed by atoms with Crippen LogP contribution in [-0.2, 0) is 0 Å². The fourth-order valence-electron chi connectivity index (χ4n) is 2.53. The Morgan fingerprint density at radius 2 is 1.95 bits per heavy atom. The summed E-state index contributed by atoms with van der Waals surface area (Å²) in [5.74, 6) is 0. The molecule has 0 fully saturated rings. The summed E-state index contributed by atoms with van der Waals surface area (Å²) in [5, 5.41) is 13.9. The molecular weight excluding hydrogens is 280 g/mol. The molecule has 0 radical (unpaired) electrons. The quantitative estimate of drug-likeness (QED) is 0.775. The highest BCUT2D eigenvalue weighted by atomic mass is 16.3. The zero-order chi connectivity index (χ0) is 15.5. The van der Waals surface area contributed by atoms with Gasteiger partial charge in [-0.25, -0.2) is 4.79 Å². The molecule has 1 heterocycles. The zero-order valence-corrected chi connectivity index (χ0v) is 12.4. The van der Waals surface area contributed by atoms with E-state index in [0.29, 0.717) is 18.8 Å². The summed E-state index contributed by atoms with van der Waals surface area (Å²) in [6.07, 6.45) is 0. The maximum Gasteiger partial charge on any atom is 0.321 e. The van der Waals surface area contributed by atoms with Crippen molar-refractivity contribution in [2.75, 3.05) is 25.0 Å². The van der Waals surface area contributed by atoms with Gasteiger partial charge in [0, 0.05) is 35.6 Å². The number of aliphatic hydroxyl groups is 1. The number of aliphatic hydroxyl groups excluding tert-OH is 1. The van der Waals surface area contributed by atoms with Crippen LogP contribution in [0.25, 0.3) is 21.9 Å². The molecule has 22 heavy (non-hydrogen) atoms. The second-order valence-corrected chi connectivity index (χ2v) is 5.04. The normalized spacial score (nSPS) is 11.0. The number of furan rings is 1. The smallest absolute Gasteiger partial charge is 0.321 e. The molecule has 0 saturated heterocycles. The van der Waals surface area contributed by atoms with Crippen molar-refractivity contribution in [1.82, 2.24) is 4.90 Å². The molecule has 2 N–H and O–H groups in total. The number of benzene rings is 2. The van der Waals surface area contributed by atoms with E-state index in [9.17, 15) is 4.79 Å². The van der Waals surface area contributed by atoms with Gasteiger partial charge in [0.15, 0.2) is 0 Å². The topological polar surface area (TPSA) is 65.7 Å². The van der Waals surface area contributed by atoms with Crippen LogP contribution in [0.2, 0.25) is 0 Å². The number of anilines is 1. The van der Waals surface area contributed by atoms with E-state index in [1.54, 1.807) is 4.90 Å². The Morgan fingerprint density at radius 1 is 1.18 bits per heavy atom. The highest BCUT2D eigenvalue weighted by Gasteiger charge is 2.12. The average Bonchev–Trinajstić information content (AvgIpc) is 2.90. The Hall–Kier alpha value is -2.53. The van der Waals surface area contributed by atoms with E-state index < -0.39 is 0 Å². The molecule has 5 heteroatoms. The number of amides is 2. The summed E-state index contributed by atoms with van der Waals surface area (Å²) < 4.78 is 5.80. The van der Waals surface area contributed by atoms with E-state index in [-0.39, 0.29) is 12.6 Å². The van der Waals surface area contributed by atoms with E-state index in [1.165, 1.54) is 0 Å². The van der Waals surface area contributed by atoms with Crippen LogP contribution in [0.5, 0.6) is 0 Å². The molecule has 0 bridgehead atoms. The van der Waals surface area contributed by atoms with Crippen molar-refractivity contribution in [3.05, 3.63) is 42.5 Å². The van der Waals surface area contributed by atoms with Gasteiger partial charge in [-0.1, -0.05) is 18.2 Å². The molecule has 114 valence electrons. The second-order valence-electron chi connectivity index (χ2n) is 5.04. The molecule has 0 aliphatic heterocycles. The summed E-state index contributed by atoms with van der Waals surface area (Å²) in [7, 11) is 0. The van der Waals surface area contributed by atoms with Crippen molar-refractivity contribution >= 4 is 33.7 Å². The van der Waals surface area contributed by atoms with Gasteiger partial charge in [-0.2, -0.15) is 0 Å². The van der Waals surface area contributed by atoms with Crippen molar-refractivity contribution in [2.24, 2.45) is 0 Å². The van der Waals surface area contributed by atoms with Crippen molar-refractivity contribution < 1.29 is 14.3 Å². The summed E-state index contributed by atoms with van der Waals surface area (Å²) in [5.41, 5.74) is 2.24. The number of hydrogen-bond acceptors (Lipinski definition) is 3. The molecular formula is C17H18N2O3. The molecule has 0 aliphatic rings. The summed E-state index contributed by atoms with van der Waals surface area (Å²) in [4.78, 5) is 13.7. The van der Waals surface area contributed by atoms with Crippen molar-refractivity contribution in [3.8, 4) is 0 Å². The number of urea groups is 1. The Labute approximate surface area is 128 Å². The number of nitrogens with one attached hydrogen (secondary N) is 1. The number of hydrogen-bond donors (Lipinski definition) is 2. The summed E-state index contributed by atoms with van der Waals surface area (Å²) in [6.45, 7) is 2.68. The SMILES string of the molecule is CCN(CCO)C(=O)Nc1ccc2c(c1)oc1ccccc12. The number of nitrogens with zero attached hydrogens (tertiary/aromatic N) is 1. The number of carbonyl (C=O) groups is 1. The minimum Gasteiger partial charge on any atom is -0.456 e. The molecule has 0 saturated carbocycles. The van der Waals surface area contributed by atoms with Gasteiger partial charge in [0.25, 0.3) is 0 Å². The first kappa shape index (κ1) is 14.4. The van der Waals surface area contributed by atoms with Gasteiger partial charge in [-0.3, -0.25) is 0 Å². The van der Waals surface area contributed by atoms with Gasteiger partial charge < -0.3 is 19.7 Å². The third kappa shape index (κ3) is 2.63. The van der Waals surface area contributed by atoms with Gasteiger partial charge in [0.2, 0.25) is 0 Å². The van der Waals surface area contributed by atoms with Crippen LogP contribution >= 0.6 is 0 Å². The van der Waals surface area contributed by atoms with Gasteiger partial charge in [-0.05, 0) is 25.1 Å². The lowest BCUT2D eigenvalue weighted by Crippen LogP contribution is -2.36. The monoisotopic (exact) mass is 298 g/mol. The Morgan fingerprint density at radius 3 is 2.73 bits per heavy atom. The predicted octanol–water partition coefficient (Wildman–Crippen LogP) is 3.43. The number of likely N-dealkylation sites (N-methyl/N-ethyl adjacent to an activating group) is 1. The molecule has 0 aliphatic carbocycles. The van der Waals surface area contributed by atoms with Crippen molar-refractivity contribution in [1.29, 1.82) is 0 Å². The highest BCUT2D eigenvalue weighted by Crippen LogP contribution is 2.30. The molecule has 0 atom stereocenters. The molecule has 0 unspecified atom stereocenters. The van der Waals surface area contributed by atoms with Gasteiger partial charge in [-0.15, -0.1) is 0 Å². The molecule has 2 aromatic carbocycles. The molecule has 1 aromatic heterocycles. The zero-order valence-electron chi connectivity index (χ0n) is 12.4. The van der Waals surface area contributed by atoms with Crippen molar-refractivity contribution in [2.45, 2.75) is 6.92 Å². The second kappa shape index (κ2) is 6.07. The molecule has 5 nitrogen and oxygen atoms in total. The maximum absolute atomic E-state index is 12.1. The third-order valence-corrected chi connectivity index (χ3v) is 3.67. The highest BCUT2D eigenvalue weighted by molar-refractivity contribution is 6.06. The number of fused-ring (bicyclic) bond motifs is 3. The van der Waals surface area contributed by atoms with E-state index in [2.05, 4.69) is 5.32 Å².